The van der Waals surface area contributed by atoms with Crippen LogP contribution in [0.4, 0.5) is 4.79 Å². The van der Waals surface area contributed by atoms with Crippen LogP contribution in [0.25, 0.3) is 0 Å². The van der Waals surface area contributed by atoms with E-state index in [1.54, 1.807) is 0 Å². The number of hydrogen-bond acceptors (Lipinski definition) is 3. The molecular formula is C14H24N2O4. The molecule has 6 heteroatoms. The maximum Gasteiger partial charge on any atom is 0.317 e. The van der Waals surface area contributed by atoms with Crippen molar-refractivity contribution >= 4 is 12.0 Å². The number of carboxylic acid groups (broad SMARTS) is 1. The van der Waals surface area contributed by atoms with Crippen LogP contribution in [0, 0.1) is 5.41 Å². The van der Waals surface area contributed by atoms with Crippen LogP contribution in [0.3, 0.4) is 0 Å². The molecule has 0 unspecified atom stereocenters. The molecule has 2 heterocycles. The third-order valence-corrected chi connectivity index (χ3v) is 4.37. The number of amides is 2. The van der Waals surface area contributed by atoms with Gasteiger partial charge in [0.25, 0.3) is 0 Å². The second kappa shape index (κ2) is 6.92. The molecule has 0 radical (unpaired) electrons. The summed E-state index contributed by atoms with van der Waals surface area (Å²) in [6, 6.07) is -0.126. The van der Waals surface area contributed by atoms with Crippen LogP contribution in [0.2, 0.25) is 0 Å². The van der Waals surface area contributed by atoms with Crippen molar-refractivity contribution in [2.45, 2.75) is 38.5 Å². The monoisotopic (exact) mass is 284 g/mol. The molecule has 2 rings (SSSR count). The molecule has 2 saturated heterocycles. The fraction of sp³-hybridized carbons (Fsp3) is 0.857. The van der Waals surface area contributed by atoms with E-state index in [2.05, 4.69) is 5.32 Å². The highest BCUT2D eigenvalue weighted by atomic mass is 16.5. The van der Waals surface area contributed by atoms with Gasteiger partial charge in [-0.05, 0) is 25.7 Å². The lowest BCUT2D eigenvalue weighted by molar-refractivity contribution is -0.154. The molecule has 0 aromatic carbocycles. The zero-order valence-corrected chi connectivity index (χ0v) is 11.9. The number of hydrogen-bond donors (Lipinski definition) is 2. The Kier molecular flexibility index (Phi) is 5.23. The molecule has 0 bridgehead atoms. The summed E-state index contributed by atoms with van der Waals surface area (Å²) < 4.78 is 5.23. The minimum atomic E-state index is -0.861. The number of carbonyl (C=O) groups excluding carboxylic acids is 1. The van der Waals surface area contributed by atoms with Crippen molar-refractivity contribution in [1.29, 1.82) is 0 Å². The Morgan fingerprint density at radius 1 is 1.10 bits per heavy atom. The molecule has 0 atom stereocenters. The SMILES string of the molecule is O=C(NCC1(C(=O)O)CCOCC1)N1CCCCCC1. The number of ether oxygens (including phenoxy) is 1. The molecule has 2 N–H and O–H groups in total. The van der Waals surface area contributed by atoms with Crippen LogP contribution in [0.5, 0.6) is 0 Å². The number of nitrogens with one attached hydrogen (secondary N) is 1. The molecule has 114 valence electrons. The number of aliphatic carboxylic acids is 1. The van der Waals surface area contributed by atoms with Gasteiger partial charge in [-0.2, -0.15) is 0 Å². The van der Waals surface area contributed by atoms with E-state index < -0.39 is 11.4 Å². The Labute approximate surface area is 119 Å². The molecule has 0 aliphatic carbocycles. The Bertz CT molecular complexity index is 345. The summed E-state index contributed by atoms with van der Waals surface area (Å²) in [6.45, 7) is 2.64. The van der Waals surface area contributed by atoms with E-state index >= 15 is 0 Å². The maximum absolute atomic E-state index is 12.1. The van der Waals surface area contributed by atoms with Gasteiger partial charge in [-0.15, -0.1) is 0 Å². The van der Waals surface area contributed by atoms with Crippen molar-refractivity contribution in [2.75, 3.05) is 32.8 Å². The Morgan fingerprint density at radius 2 is 1.70 bits per heavy atom. The molecule has 0 aromatic rings. The molecule has 0 aromatic heterocycles. The normalized spacial score (nSPS) is 22.9. The Balaban J connectivity index is 1.88. The van der Waals surface area contributed by atoms with Crippen LogP contribution in [0.1, 0.15) is 38.5 Å². The first-order valence-corrected chi connectivity index (χ1v) is 7.48. The minimum Gasteiger partial charge on any atom is -0.481 e. The third-order valence-electron chi connectivity index (χ3n) is 4.37. The van der Waals surface area contributed by atoms with Crippen molar-refractivity contribution in [3.63, 3.8) is 0 Å². The van der Waals surface area contributed by atoms with Crippen molar-refractivity contribution in [1.82, 2.24) is 10.2 Å². The van der Waals surface area contributed by atoms with Gasteiger partial charge < -0.3 is 20.1 Å². The van der Waals surface area contributed by atoms with E-state index in [0.717, 1.165) is 25.9 Å². The largest absolute Gasteiger partial charge is 0.481 e. The van der Waals surface area contributed by atoms with Gasteiger partial charge in [0.2, 0.25) is 0 Å². The molecule has 2 aliphatic heterocycles. The van der Waals surface area contributed by atoms with Crippen LogP contribution in [-0.2, 0) is 9.53 Å². The second-order valence-corrected chi connectivity index (χ2v) is 5.76. The summed E-state index contributed by atoms with van der Waals surface area (Å²) in [5.41, 5.74) is -0.861. The summed E-state index contributed by atoms with van der Waals surface area (Å²) in [4.78, 5) is 25.5. The number of carbonyl (C=O) groups is 2. The van der Waals surface area contributed by atoms with Gasteiger partial charge >= 0.3 is 12.0 Å². The molecule has 6 nitrogen and oxygen atoms in total. The molecule has 0 saturated carbocycles. The third kappa shape index (κ3) is 3.62. The first-order chi connectivity index (χ1) is 9.64. The second-order valence-electron chi connectivity index (χ2n) is 5.76. The summed E-state index contributed by atoms with van der Waals surface area (Å²) in [6.07, 6.45) is 5.32. The van der Waals surface area contributed by atoms with Crippen LogP contribution < -0.4 is 5.32 Å². The van der Waals surface area contributed by atoms with Crippen molar-refractivity contribution in [3.8, 4) is 0 Å². The van der Waals surface area contributed by atoms with Gasteiger partial charge in [0.05, 0.1) is 5.41 Å². The number of carboxylic acids is 1. The molecule has 0 spiro atoms. The lowest BCUT2D eigenvalue weighted by Gasteiger charge is -2.34. The molecule has 2 aliphatic rings. The van der Waals surface area contributed by atoms with E-state index in [9.17, 15) is 14.7 Å². The summed E-state index contributed by atoms with van der Waals surface area (Å²) in [5.74, 6) is -0.836. The fourth-order valence-corrected chi connectivity index (χ4v) is 2.86. The number of rotatable bonds is 3. The van der Waals surface area contributed by atoms with Crippen LogP contribution in [0.15, 0.2) is 0 Å². The van der Waals surface area contributed by atoms with Crippen LogP contribution in [-0.4, -0.2) is 54.9 Å². The highest BCUT2D eigenvalue weighted by Gasteiger charge is 2.40. The quantitative estimate of drug-likeness (QED) is 0.822. The van der Waals surface area contributed by atoms with E-state index in [1.807, 2.05) is 4.90 Å². The number of likely N-dealkylation sites (tertiary alicyclic amines) is 1. The highest BCUT2D eigenvalue weighted by molar-refractivity contribution is 5.78. The standard InChI is InChI=1S/C14H24N2O4/c17-12(18)14(5-9-20-10-6-14)11-15-13(19)16-7-3-1-2-4-8-16/h1-11H2,(H,15,19)(H,17,18). The highest BCUT2D eigenvalue weighted by Crippen LogP contribution is 2.30. The Hall–Kier alpha value is -1.30. The average Bonchev–Trinajstić information content (AvgIpc) is 2.74. The van der Waals surface area contributed by atoms with Crippen molar-refractivity contribution in [2.24, 2.45) is 5.41 Å². The van der Waals surface area contributed by atoms with E-state index in [0.29, 0.717) is 26.1 Å². The maximum atomic E-state index is 12.1. The van der Waals surface area contributed by atoms with E-state index in [4.69, 9.17) is 4.74 Å². The van der Waals surface area contributed by atoms with Gasteiger partial charge in [-0.3, -0.25) is 4.79 Å². The first-order valence-electron chi connectivity index (χ1n) is 7.48. The summed E-state index contributed by atoms with van der Waals surface area (Å²) >= 11 is 0. The zero-order chi connectivity index (χ0) is 14.4. The average molecular weight is 284 g/mol. The van der Waals surface area contributed by atoms with Gasteiger partial charge in [0, 0.05) is 32.8 Å². The van der Waals surface area contributed by atoms with Gasteiger partial charge in [0.1, 0.15) is 0 Å². The van der Waals surface area contributed by atoms with E-state index in [-0.39, 0.29) is 12.6 Å². The molecule has 2 fully saturated rings. The van der Waals surface area contributed by atoms with Crippen molar-refractivity contribution in [3.05, 3.63) is 0 Å². The number of nitrogens with zero attached hydrogens (tertiary/aromatic N) is 1. The van der Waals surface area contributed by atoms with Gasteiger partial charge in [0.15, 0.2) is 0 Å². The predicted molar refractivity (Wildman–Crippen MR) is 73.6 cm³/mol. The van der Waals surface area contributed by atoms with Gasteiger partial charge in [-0.25, -0.2) is 4.79 Å². The topological polar surface area (TPSA) is 78.9 Å². The van der Waals surface area contributed by atoms with Crippen LogP contribution >= 0.6 is 0 Å². The van der Waals surface area contributed by atoms with E-state index in [1.165, 1.54) is 12.8 Å². The first kappa shape index (κ1) is 15.1. The molecule has 20 heavy (non-hydrogen) atoms. The Morgan fingerprint density at radius 3 is 2.25 bits per heavy atom. The number of urea groups is 1. The lowest BCUT2D eigenvalue weighted by atomic mass is 9.80. The van der Waals surface area contributed by atoms with Crippen molar-refractivity contribution < 1.29 is 19.4 Å². The smallest absolute Gasteiger partial charge is 0.317 e. The van der Waals surface area contributed by atoms with Gasteiger partial charge in [-0.1, -0.05) is 12.8 Å². The summed E-state index contributed by atoms with van der Waals surface area (Å²) in [5, 5.41) is 12.3. The molecular weight excluding hydrogens is 260 g/mol. The minimum absolute atomic E-state index is 0.126. The predicted octanol–water partition coefficient (Wildman–Crippen LogP) is 1.45. The fourth-order valence-electron chi connectivity index (χ4n) is 2.86. The lowest BCUT2D eigenvalue weighted by Crippen LogP contribution is -2.50. The molecule has 2 amide bonds. The zero-order valence-electron chi connectivity index (χ0n) is 11.9. The summed E-state index contributed by atoms with van der Waals surface area (Å²) in [7, 11) is 0.